The van der Waals surface area contributed by atoms with Gasteiger partial charge in [-0.1, -0.05) is 6.07 Å². The third-order valence-corrected chi connectivity index (χ3v) is 7.34. The fraction of sp³-hybridized carbons (Fsp3) is 0.265. The van der Waals surface area contributed by atoms with E-state index in [1.807, 2.05) is 30.5 Å². The minimum Gasteiger partial charge on any atom is -0.439 e. The summed E-state index contributed by atoms with van der Waals surface area (Å²) in [6.45, 7) is 3.65. The van der Waals surface area contributed by atoms with E-state index in [0.717, 1.165) is 43.7 Å². The fourth-order valence-electron chi connectivity index (χ4n) is 4.91. The summed E-state index contributed by atoms with van der Waals surface area (Å²) in [5.74, 6) is 0.365. The van der Waals surface area contributed by atoms with Gasteiger partial charge in [-0.3, -0.25) is 14.5 Å². The lowest BCUT2D eigenvalue weighted by Gasteiger charge is -2.32. The van der Waals surface area contributed by atoms with E-state index in [1.54, 1.807) is 43.5 Å². The molecule has 2 heterocycles. The lowest BCUT2D eigenvalue weighted by molar-refractivity contribution is 0.0936. The van der Waals surface area contributed by atoms with E-state index < -0.39 is 0 Å². The van der Waals surface area contributed by atoms with Crippen LogP contribution in [-0.4, -0.2) is 61.1 Å². The number of amides is 2. The molecule has 1 aliphatic rings. The molecule has 3 aromatic carbocycles. The Morgan fingerprint density at radius 2 is 1.51 bits per heavy atom. The highest BCUT2D eigenvalue weighted by atomic mass is 35.5. The zero-order valence-corrected chi connectivity index (χ0v) is 25.8. The van der Waals surface area contributed by atoms with Crippen LogP contribution < -0.4 is 20.7 Å². The Morgan fingerprint density at radius 3 is 2.16 bits per heavy atom. The number of pyridine rings is 1. The fourth-order valence-corrected chi connectivity index (χ4v) is 4.91. The summed E-state index contributed by atoms with van der Waals surface area (Å²) in [4.78, 5) is 31.5. The number of aromatic nitrogens is 1. The molecule has 4 aromatic rings. The molecule has 9 nitrogen and oxygen atoms in total. The van der Waals surface area contributed by atoms with Crippen LogP contribution in [-0.2, 0) is 11.3 Å². The highest BCUT2D eigenvalue weighted by molar-refractivity contribution is 6.04. The molecule has 1 aromatic heterocycles. The molecule has 3 N–H and O–H groups in total. The van der Waals surface area contributed by atoms with Gasteiger partial charge < -0.3 is 25.4 Å². The summed E-state index contributed by atoms with van der Waals surface area (Å²) in [6, 6.07) is 24.3. The second kappa shape index (κ2) is 16.5. The van der Waals surface area contributed by atoms with E-state index in [1.165, 1.54) is 24.3 Å². The van der Waals surface area contributed by atoms with Crippen molar-refractivity contribution in [2.75, 3.05) is 44.0 Å². The Bertz CT molecular complexity index is 1510. The summed E-state index contributed by atoms with van der Waals surface area (Å²) in [5.41, 5.74) is 3.73. The number of rotatable bonds is 12. The molecule has 45 heavy (non-hydrogen) atoms. The quantitative estimate of drug-likeness (QED) is 0.161. The number of methoxy groups -OCH3 is 1. The van der Waals surface area contributed by atoms with Crippen LogP contribution in [0.4, 0.5) is 15.8 Å². The van der Waals surface area contributed by atoms with Crippen molar-refractivity contribution in [3.05, 3.63) is 114 Å². The molecule has 0 unspecified atom stereocenters. The number of likely N-dealkylation sites (tertiary alicyclic amines) is 1. The number of carbonyl (C=O) groups excluding carboxylic acids is 2. The molecular formula is C34H37ClFN5O4. The van der Waals surface area contributed by atoms with Crippen molar-refractivity contribution in [1.82, 2.24) is 15.2 Å². The Balaban J connectivity index is 0.00000461. The van der Waals surface area contributed by atoms with Crippen LogP contribution in [0.1, 0.15) is 39.1 Å². The number of nitrogens with zero attached hydrogens (tertiary/aromatic N) is 2. The van der Waals surface area contributed by atoms with Crippen molar-refractivity contribution in [3.8, 4) is 11.6 Å². The van der Waals surface area contributed by atoms with Crippen molar-refractivity contribution in [2.45, 2.75) is 25.4 Å². The molecule has 0 saturated carbocycles. The van der Waals surface area contributed by atoms with Gasteiger partial charge in [-0.05, 0) is 91.2 Å². The Morgan fingerprint density at radius 1 is 0.867 bits per heavy atom. The molecule has 11 heteroatoms. The second-order valence-electron chi connectivity index (χ2n) is 10.6. The van der Waals surface area contributed by atoms with E-state index in [0.29, 0.717) is 47.6 Å². The number of benzene rings is 3. The van der Waals surface area contributed by atoms with Crippen molar-refractivity contribution in [3.63, 3.8) is 0 Å². The van der Waals surface area contributed by atoms with Gasteiger partial charge in [0.15, 0.2) is 0 Å². The zero-order valence-electron chi connectivity index (χ0n) is 25.0. The molecule has 2 amide bonds. The van der Waals surface area contributed by atoms with E-state index in [9.17, 15) is 14.0 Å². The third kappa shape index (κ3) is 10.0. The maximum absolute atomic E-state index is 13.1. The smallest absolute Gasteiger partial charge is 0.255 e. The van der Waals surface area contributed by atoms with Gasteiger partial charge in [0, 0.05) is 74.1 Å². The van der Waals surface area contributed by atoms with E-state index in [4.69, 9.17) is 9.47 Å². The molecular weight excluding hydrogens is 597 g/mol. The first-order valence-corrected chi connectivity index (χ1v) is 14.6. The molecule has 0 aliphatic carbocycles. The Hall–Kier alpha value is -4.51. The summed E-state index contributed by atoms with van der Waals surface area (Å²) in [7, 11) is 1.59. The maximum Gasteiger partial charge on any atom is 0.255 e. The molecule has 1 fully saturated rings. The maximum atomic E-state index is 13.1. The highest BCUT2D eigenvalue weighted by Crippen LogP contribution is 2.22. The lowest BCUT2D eigenvalue weighted by Crippen LogP contribution is -2.38. The largest absolute Gasteiger partial charge is 0.439 e. The third-order valence-electron chi connectivity index (χ3n) is 7.34. The van der Waals surface area contributed by atoms with Gasteiger partial charge in [0.25, 0.3) is 11.8 Å². The molecule has 1 saturated heterocycles. The molecule has 236 valence electrons. The highest BCUT2D eigenvalue weighted by Gasteiger charge is 2.19. The molecule has 0 bridgehead atoms. The van der Waals surface area contributed by atoms with Crippen molar-refractivity contribution in [1.29, 1.82) is 0 Å². The number of nitrogens with one attached hydrogen (secondary N) is 3. The number of halogens is 2. The van der Waals surface area contributed by atoms with Crippen LogP contribution in [0.2, 0.25) is 0 Å². The van der Waals surface area contributed by atoms with Crippen molar-refractivity contribution < 1.29 is 23.5 Å². The predicted molar refractivity (Wildman–Crippen MR) is 175 cm³/mol. The number of hydrogen-bond donors (Lipinski definition) is 3. The van der Waals surface area contributed by atoms with Crippen LogP contribution in [0, 0.1) is 5.82 Å². The zero-order chi connectivity index (χ0) is 30.7. The Labute approximate surface area is 268 Å². The van der Waals surface area contributed by atoms with Gasteiger partial charge in [-0.2, -0.15) is 0 Å². The van der Waals surface area contributed by atoms with Gasteiger partial charge in [-0.25, -0.2) is 9.37 Å². The van der Waals surface area contributed by atoms with Crippen LogP contribution in [0.25, 0.3) is 0 Å². The second-order valence-corrected chi connectivity index (χ2v) is 10.6. The average molecular weight is 634 g/mol. The number of ether oxygens (including phenoxy) is 2. The molecule has 1 aliphatic heterocycles. The molecule has 5 rings (SSSR count). The number of anilines is 2. The summed E-state index contributed by atoms with van der Waals surface area (Å²) in [6.07, 6.45) is 3.84. The van der Waals surface area contributed by atoms with Crippen LogP contribution in [0.5, 0.6) is 11.6 Å². The van der Waals surface area contributed by atoms with E-state index in [-0.39, 0.29) is 30.0 Å². The minimum absolute atomic E-state index is 0. The van der Waals surface area contributed by atoms with Gasteiger partial charge in [-0.15, -0.1) is 12.4 Å². The number of carbonyl (C=O) groups is 2. The van der Waals surface area contributed by atoms with Gasteiger partial charge in [0.2, 0.25) is 5.88 Å². The first-order chi connectivity index (χ1) is 21.4. The minimum atomic E-state index is -0.344. The molecule has 0 radical (unpaired) electrons. The summed E-state index contributed by atoms with van der Waals surface area (Å²) in [5, 5.41) is 9.15. The van der Waals surface area contributed by atoms with Gasteiger partial charge in [0.1, 0.15) is 11.6 Å². The molecule has 0 atom stereocenters. The average Bonchev–Trinajstić information content (AvgIpc) is 3.05. The standard InChI is InChI=1S/C34H36FN5O4.ClH/c1-43-21-18-36-33(41)25-5-13-31(14-6-25)44-32-15-2-24(22-37-32)23-40-19-16-30(17-20-40)38-28-9-3-26(4-10-28)34(42)39-29-11-7-27(35)8-12-29;/h2-15,22,30,38H,16-21,23H2,1H3,(H,36,41)(H,39,42);1H. The normalized spacial score (nSPS) is 13.4. The van der Waals surface area contributed by atoms with Crippen molar-refractivity contribution in [2.24, 2.45) is 0 Å². The van der Waals surface area contributed by atoms with Crippen LogP contribution in [0.3, 0.4) is 0 Å². The van der Waals surface area contributed by atoms with Crippen molar-refractivity contribution >= 4 is 35.6 Å². The first kappa shape index (κ1) is 33.4. The van der Waals surface area contributed by atoms with Gasteiger partial charge >= 0.3 is 0 Å². The molecule has 0 spiro atoms. The topological polar surface area (TPSA) is 105 Å². The van der Waals surface area contributed by atoms with Crippen LogP contribution in [0.15, 0.2) is 91.1 Å². The monoisotopic (exact) mass is 633 g/mol. The predicted octanol–water partition coefficient (Wildman–Crippen LogP) is 6.14. The first-order valence-electron chi connectivity index (χ1n) is 14.6. The lowest BCUT2D eigenvalue weighted by atomic mass is 10.0. The van der Waals surface area contributed by atoms with Gasteiger partial charge in [0.05, 0.1) is 6.61 Å². The van der Waals surface area contributed by atoms with Crippen LogP contribution >= 0.6 is 12.4 Å². The number of hydrogen-bond acceptors (Lipinski definition) is 7. The summed E-state index contributed by atoms with van der Waals surface area (Å²) >= 11 is 0. The number of piperidine rings is 1. The Kier molecular flexibility index (Phi) is 12.3. The SMILES string of the molecule is COCCNC(=O)c1ccc(Oc2ccc(CN3CCC(Nc4ccc(C(=O)Nc5ccc(F)cc5)cc4)CC3)cn2)cc1.Cl. The van der Waals surface area contributed by atoms with E-state index in [2.05, 4.69) is 25.8 Å². The summed E-state index contributed by atoms with van der Waals surface area (Å²) < 4.78 is 23.9. The van der Waals surface area contributed by atoms with E-state index >= 15 is 0 Å².